The summed E-state index contributed by atoms with van der Waals surface area (Å²) in [7, 11) is 3.51. The fraction of sp³-hybridized carbons (Fsp3) is 0.562. The highest BCUT2D eigenvalue weighted by Gasteiger charge is 2.44. The van der Waals surface area contributed by atoms with E-state index in [4.69, 9.17) is 10.5 Å². The summed E-state index contributed by atoms with van der Waals surface area (Å²) in [6, 6.07) is 7.84. The molecule has 1 atom stereocenters. The van der Waals surface area contributed by atoms with Gasteiger partial charge in [-0.2, -0.15) is 0 Å². The van der Waals surface area contributed by atoms with Gasteiger partial charge in [0.1, 0.15) is 5.75 Å². The molecule has 0 radical (unpaired) electrons. The van der Waals surface area contributed by atoms with E-state index in [1.165, 1.54) is 0 Å². The van der Waals surface area contributed by atoms with Gasteiger partial charge in [0.2, 0.25) is 5.91 Å². The van der Waals surface area contributed by atoms with Crippen LogP contribution in [0.15, 0.2) is 24.3 Å². The van der Waals surface area contributed by atoms with Gasteiger partial charge in [0.15, 0.2) is 0 Å². The number of carbonyl (C=O) groups excluding carboxylic acids is 1. The summed E-state index contributed by atoms with van der Waals surface area (Å²) in [6.45, 7) is 5.88. The van der Waals surface area contributed by atoms with Gasteiger partial charge in [-0.25, -0.2) is 0 Å². The first-order valence-electron chi connectivity index (χ1n) is 7.28. The average Bonchev–Trinajstić information content (AvgIpc) is 2.48. The van der Waals surface area contributed by atoms with Crippen LogP contribution in [-0.2, 0) is 4.79 Å². The zero-order chi connectivity index (χ0) is 15.6. The van der Waals surface area contributed by atoms with Crippen LogP contribution < -0.4 is 10.5 Å². The van der Waals surface area contributed by atoms with Crippen molar-refractivity contribution in [2.75, 3.05) is 33.8 Å². The molecule has 5 heteroatoms. The van der Waals surface area contributed by atoms with Crippen molar-refractivity contribution in [2.45, 2.75) is 25.4 Å². The lowest BCUT2D eigenvalue weighted by Gasteiger charge is -2.48. The van der Waals surface area contributed by atoms with E-state index in [2.05, 4.69) is 4.90 Å². The standard InChI is InChI=1S/C16H25N3O2/c1-16(2)15(20)18(3)9-10-19(16)13(11-17)12-7-5-6-8-14(12)21-4/h5-8,13H,9-11,17H2,1-4H3. The summed E-state index contributed by atoms with van der Waals surface area (Å²) >= 11 is 0. The third kappa shape index (κ3) is 2.76. The molecule has 1 aliphatic heterocycles. The fourth-order valence-corrected chi connectivity index (χ4v) is 3.14. The van der Waals surface area contributed by atoms with E-state index in [-0.39, 0.29) is 11.9 Å². The van der Waals surface area contributed by atoms with Crippen LogP contribution in [0.3, 0.4) is 0 Å². The van der Waals surface area contributed by atoms with Crippen molar-refractivity contribution < 1.29 is 9.53 Å². The van der Waals surface area contributed by atoms with Crippen molar-refractivity contribution in [3.05, 3.63) is 29.8 Å². The van der Waals surface area contributed by atoms with Gasteiger partial charge in [-0.15, -0.1) is 0 Å². The maximum Gasteiger partial charge on any atom is 0.242 e. The third-order valence-corrected chi connectivity index (χ3v) is 4.36. The van der Waals surface area contributed by atoms with Crippen molar-refractivity contribution in [2.24, 2.45) is 5.73 Å². The summed E-state index contributed by atoms with van der Waals surface area (Å²) in [5.74, 6) is 0.942. The molecule has 0 aromatic heterocycles. The summed E-state index contributed by atoms with van der Waals surface area (Å²) in [6.07, 6.45) is 0. The van der Waals surface area contributed by atoms with Crippen molar-refractivity contribution in [3.63, 3.8) is 0 Å². The lowest BCUT2D eigenvalue weighted by Crippen LogP contribution is -2.63. The number of carbonyl (C=O) groups is 1. The van der Waals surface area contributed by atoms with Crippen LogP contribution >= 0.6 is 0 Å². The number of methoxy groups -OCH3 is 1. The Morgan fingerprint density at radius 3 is 2.62 bits per heavy atom. The Kier molecular flexibility index (Phi) is 4.54. The third-order valence-electron chi connectivity index (χ3n) is 4.36. The molecule has 0 saturated carbocycles. The van der Waals surface area contributed by atoms with Crippen LogP contribution in [0.25, 0.3) is 0 Å². The second-order valence-electron chi connectivity index (χ2n) is 5.97. The van der Waals surface area contributed by atoms with E-state index in [1.807, 2.05) is 45.2 Å². The maximum absolute atomic E-state index is 12.5. The number of nitrogens with two attached hydrogens (primary N) is 1. The SMILES string of the molecule is COc1ccccc1C(CN)N1CCN(C)C(=O)C1(C)C. The second-order valence-corrected chi connectivity index (χ2v) is 5.97. The van der Waals surface area contributed by atoms with Gasteiger partial charge in [-0.3, -0.25) is 9.69 Å². The topological polar surface area (TPSA) is 58.8 Å². The predicted octanol–water partition coefficient (Wildman–Crippen LogP) is 1.25. The first kappa shape index (κ1) is 15.8. The smallest absolute Gasteiger partial charge is 0.242 e. The monoisotopic (exact) mass is 291 g/mol. The first-order valence-corrected chi connectivity index (χ1v) is 7.28. The summed E-state index contributed by atoms with van der Waals surface area (Å²) < 4.78 is 5.46. The number of benzene rings is 1. The van der Waals surface area contributed by atoms with Crippen LogP contribution in [0.5, 0.6) is 5.75 Å². The summed E-state index contributed by atoms with van der Waals surface area (Å²) in [5.41, 5.74) is 6.50. The highest BCUT2D eigenvalue weighted by molar-refractivity contribution is 5.86. The van der Waals surface area contributed by atoms with Crippen molar-refractivity contribution >= 4 is 5.91 Å². The fourth-order valence-electron chi connectivity index (χ4n) is 3.14. The molecule has 2 rings (SSSR count). The summed E-state index contributed by atoms with van der Waals surface area (Å²) in [5, 5.41) is 0. The quantitative estimate of drug-likeness (QED) is 0.907. The van der Waals surface area contributed by atoms with Crippen LogP contribution in [0.2, 0.25) is 0 Å². The molecule has 1 amide bonds. The molecule has 1 aromatic rings. The number of para-hydroxylation sites is 1. The van der Waals surface area contributed by atoms with Gasteiger partial charge in [0.05, 0.1) is 18.7 Å². The minimum absolute atomic E-state index is 0.0335. The lowest BCUT2D eigenvalue weighted by atomic mass is 9.92. The predicted molar refractivity (Wildman–Crippen MR) is 83.2 cm³/mol. The Labute approximate surface area is 126 Å². The summed E-state index contributed by atoms with van der Waals surface area (Å²) in [4.78, 5) is 16.4. The molecular formula is C16H25N3O2. The number of nitrogens with zero attached hydrogens (tertiary/aromatic N) is 2. The molecule has 0 aliphatic carbocycles. The van der Waals surface area contributed by atoms with Crippen LogP contribution in [0.4, 0.5) is 0 Å². The number of hydrogen-bond acceptors (Lipinski definition) is 4. The first-order chi connectivity index (χ1) is 9.93. The Morgan fingerprint density at radius 2 is 2.00 bits per heavy atom. The molecule has 1 aromatic carbocycles. The molecule has 1 saturated heterocycles. The van der Waals surface area contributed by atoms with Crippen LogP contribution in [0.1, 0.15) is 25.5 Å². The zero-order valence-corrected chi connectivity index (χ0v) is 13.3. The molecule has 1 aliphatic rings. The minimum atomic E-state index is -0.572. The zero-order valence-electron chi connectivity index (χ0n) is 13.3. The molecule has 1 fully saturated rings. The second kappa shape index (κ2) is 6.03. The Bertz CT molecular complexity index is 516. The molecule has 0 bridgehead atoms. The maximum atomic E-state index is 12.5. The van der Waals surface area contributed by atoms with Crippen LogP contribution in [-0.4, -0.2) is 55.0 Å². The van der Waals surface area contributed by atoms with Crippen molar-refractivity contribution in [1.29, 1.82) is 0 Å². The van der Waals surface area contributed by atoms with E-state index < -0.39 is 5.54 Å². The molecule has 0 spiro atoms. The van der Waals surface area contributed by atoms with E-state index in [1.54, 1.807) is 12.0 Å². The molecule has 21 heavy (non-hydrogen) atoms. The number of hydrogen-bond donors (Lipinski definition) is 1. The van der Waals surface area contributed by atoms with E-state index in [0.717, 1.165) is 17.9 Å². The van der Waals surface area contributed by atoms with Gasteiger partial charge in [-0.1, -0.05) is 18.2 Å². The molecule has 1 heterocycles. The number of rotatable bonds is 4. The van der Waals surface area contributed by atoms with E-state index in [9.17, 15) is 4.79 Å². The average molecular weight is 291 g/mol. The molecular weight excluding hydrogens is 266 g/mol. The van der Waals surface area contributed by atoms with Gasteiger partial charge in [-0.05, 0) is 19.9 Å². The Hall–Kier alpha value is -1.59. The number of ether oxygens (including phenoxy) is 1. The normalized spacial score (nSPS) is 20.4. The molecule has 2 N–H and O–H groups in total. The Morgan fingerprint density at radius 1 is 1.33 bits per heavy atom. The van der Waals surface area contributed by atoms with Gasteiger partial charge in [0.25, 0.3) is 0 Å². The largest absolute Gasteiger partial charge is 0.496 e. The highest BCUT2D eigenvalue weighted by Crippen LogP contribution is 2.35. The van der Waals surface area contributed by atoms with E-state index in [0.29, 0.717) is 13.1 Å². The number of amides is 1. The van der Waals surface area contributed by atoms with E-state index >= 15 is 0 Å². The molecule has 116 valence electrons. The Balaban J connectivity index is 2.39. The van der Waals surface area contributed by atoms with Crippen LogP contribution in [0, 0.1) is 0 Å². The van der Waals surface area contributed by atoms with Crippen molar-refractivity contribution in [3.8, 4) is 5.75 Å². The van der Waals surface area contributed by atoms with Gasteiger partial charge >= 0.3 is 0 Å². The van der Waals surface area contributed by atoms with Gasteiger partial charge in [0, 0.05) is 32.2 Å². The molecule has 5 nitrogen and oxygen atoms in total. The number of piperazine rings is 1. The highest BCUT2D eigenvalue weighted by atomic mass is 16.5. The lowest BCUT2D eigenvalue weighted by molar-refractivity contribution is -0.149. The minimum Gasteiger partial charge on any atom is -0.496 e. The van der Waals surface area contributed by atoms with Crippen molar-refractivity contribution in [1.82, 2.24) is 9.80 Å². The number of likely N-dealkylation sites (N-methyl/N-ethyl adjacent to an activating group) is 1. The van der Waals surface area contributed by atoms with Gasteiger partial charge < -0.3 is 15.4 Å². The molecule has 1 unspecified atom stereocenters.